The van der Waals surface area contributed by atoms with Crippen LogP contribution in [0.3, 0.4) is 0 Å². The van der Waals surface area contributed by atoms with E-state index in [9.17, 15) is 27.6 Å². The fourth-order valence-corrected chi connectivity index (χ4v) is 3.31. The van der Waals surface area contributed by atoms with Crippen molar-refractivity contribution in [3.63, 3.8) is 0 Å². The lowest BCUT2D eigenvalue weighted by Gasteiger charge is -2.23. The zero-order valence-electron chi connectivity index (χ0n) is 18.2. The van der Waals surface area contributed by atoms with E-state index in [1.807, 2.05) is 0 Å². The maximum atomic E-state index is 12.4. The molecule has 2 aromatic carbocycles. The summed E-state index contributed by atoms with van der Waals surface area (Å²) in [6.07, 6.45) is -6.11. The van der Waals surface area contributed by atoms with Gasteiger partial charge in [0.05, 0.1) is 12.6 Å². The molecule has 9 nitrogen and oxygen atoms in total. The van der Waals surface area contributed by atoms with Crippen molar-refractivity contribution in [2.24, 2.45) is 0 Å². The minimum Gasteiger partial charge on any atom is -0.491 e. The third kappa shape index (κ3) is 6.30. The molecule has 3 rings (SSSR count). The molecule has 2 aromatic rings. The highest BCUT2D eigenvalue weighted by molar-refractivity contribution is 6.06. The summed E-state index contributed by atoms with van der Waals surface area (Å²) in [4.78, 5) is 36.5. The molecule has 0 radical (unpaired) electrons. The molecule has 3 N–H and O–H groups in total. The van der Waals surface area contributed by atoms with Gasteiger partial charge in [-0.3, -0.25) is 9.69 Å². The Labute approximate surface area is 192 Å². The first-order valence-electron chi connectivity index (χ1n) is 10.1. The summed E-state index contributed by atoms with van der Waals surface area (Å²) in [5, 5.41) is 13.8. The van der Waals surface area contributed by atoms with Crippen LogP contribution in [0.1, 0.15) is 13.8 Å². The number of ether oxygens (including phenoxy) is 2. The average molecular weight is 481 g/mol. The quantitative estimate of drug-likeness (QED) is 0.496. The van der Waals surface area contributed by atoms with Crippen molar-refractivity contribution >= 4 is 18.0 Å². The van der Waals surface area contributed by atoms with Gasteiger partial charge in [0.25, 0.3) is 5.91 Å². The lowest BCUT2D eigenvalue weighted by atomic mass is 10.1. The number of nitrogens with zero attached hydrogens (tertiary/aromatic N) is 1. The number of carbonyl (C=O) groups excluding carboxylic acids is 2. The van der Waals surface area contributed by atoms with Crippen molar-refractivity contribution < 1.29 is 42.1 Å². The number of nitrogens with one attached hydrogen (secondary N) is 2. The molecule has 1 saturated heterocycles. The first-order valence-corrected chi connectivity index (χ1v) is 10.1. The van der Waals surface area contributed by atoms with Gasteiger partial charge in [0.2, 0.25) is 0 Å². The highest BCUT2D eigenvalue weighted by Crippen LogP contribution is 2.27. The number of amides is 4. The van der Waals surface area contributed by atoms with Gasteiger partial charge in [0.1, 0.15) is 23.6 Å². The van der Waals surface area contributed by atoms with Gasteiger partial charge in [-0.15, -0.1) is 13.2 Å². The summed E-state index contributed by atoms with van der Waals surface area (Å²) in [7, 11) is 0. The minimum absolute atomic E-state index is 0.160. The first-order chi connectivity index (χ1) is 15.8. The van der Waals surface area contributed by atoms with Crippen molar-refractivity contribution in [1.29, 1.82) is 0 Å². The monoisotopic (exact) mass is 481 g/mol. The van der Waals surface area contributed by atoms with Crippen molar-refractivity contribution in [1.82, 2.24) is 15.5 Å². The zero-order valence-corrected chi connectivity index (χ0v) is 18.2. The molecule has 4 amide bonds. The largest absolute Gasteiger partial charge is 0.573 e. The predicted molar refractivity (Wildman–Crippen MR) is 113 cm³/mol. The summed E-state index contributed by atoms with van der Waals surface area (Å²) >= 11 is 0. The Hall–Kier alpha value is -3.96. The van der Waals surface area contributed by atoms with E-state index in [0.717, 1.165) is 4.90 Å². The van der Waals surface area contributed by atoms with Gasteiger partial charge in [-0.25, -0.2) is 9.59 Å². The maximum absolute atomic E-state index is 12.4. The molecule has 34 heavy (non-hydrogen) atoms. The number of carbonyl (C=O) groups is 3. The fraction of sp³-hybridized carbons (Fsp3) is 0.318. The van der Waals surface area contributed by atoms with Crippen LogP contribution in [0.4, 0.5) is 22.8 Å². The predicted octanol–water partition coefficient (Wildman–Crippen LogP) is 3.60. The summed E-state index contributed by atoms with van der Waals surface area (Å²) in [6, 6.07) is 10.4. The van der Waals surface area contributed by atoms with Crippen LogP contribution in [0.2, 0.25) is 0 Å². The summed E-state index contributed by atoms with van der Waals surface area (Å²) in [6.45, 7) is 2.71. The van der Waals surface area contributed by atoms with Gasteiger partial charge in [-0.05, 0) is 49.2 Å². The van der Waals surface area contributed by atoms with Crippen molar-refractivity contribution in [2.45, 2.75) is 31.8 Å². The van der Waals surface area contributed by atoms with Crippen LogP contribution in [0, 0.1) is 0 Å². The molecular formula is C22H22F3N3O6. The van der Waals surface area contributed by atoms with Crippen LogP contribution in [-0.2, 0) is 4.79 Å². The maximum Gasteiger partial charge on any atom is 0.573 e. The van der Waals surface area contributed by atoms with Crippen LogP contribution in [0.15, 0.2) is 48.5 Å². The second-order valence-corrected chi connectivity index (χ2v) is 8.02. The van der Waals surface area contributed by atoms with E-state index in [1.54, 1.807) is 38.1 Å². The smallest absolute Gasteiger partial charge is 0.491 e. The highest BCUT2D eigenvalue weighted by Gasteiger charge is 2.45. The van der Waals surface area contributed by atoms with E-state index in [-0.39, 0.29) is 18.9 Å². The topological polar surface area (TPSA) is 117 Å². The molecule has 0 aliphatic carbocycles. The minimum atomic E-state index is -4.77. The van der Waals surface area contributed by atoms with E-state index in [4.69, 9.17) is 9.84 Å². The summed E-state index contributed by atoms with van der Waals surface area (Å²) in [5.41, 5.74) is 0.263. The molecule has 12 heteroatoms. The third-order valence-corrected chi connectivity index (χ3v) is 4.90. The van der Waals surface area contributed by atoms with Crippen molar-refractivity contribution in [3.8, 4) is 22.6 Å². The number of carboxylic acid groups (broad SMARTS) is 1. The van der Waals surface area contributed by atoms with Crippen molar-refractivity contribution in [2.75, 3.05) is 13.2 Å². The standard InChI is InChI=1S/C22H22F3N3O6/c1-21(2)18(29)28(19(30)27-21)11-15(26-20(31)32)12-33-16-7-3-13(4-8-16)14-5-9-17(10-6-14)34-22(23,24)25/h3-10,15,26H,11-12H2,1-2H3,(H,27,30)(H,31,32)/t15-/m1/s1. The average Bonchev–Trinajstić information content (AvgIpc) is 2.93. The van der Waals surface area contributed by atoms with E-state index < -0.39 is 36.0 Å². The Morgan fingerprint density at radius 1 is 1.06 bits per heavy atom. The lowest BCUT2D eigenvalue weighted by molar-refractivity contribution is -0.274. The van der Waals surface area contributed by atoms with E-state index >= 15 is 0 Å². The number of imide groups is 1. The molecular weight excluding hydrogens is 459 g/mol. The zero-order chi connectivity index (χ0) is 25.1. The lowest BCUT2D eigenvalue weighted by Crippen LogP contribution is -2.49. The van der Waals surface area contributed by atoms with Crippen LogP contribution in [-0.4, -0.2) is 59.1 Å². The van der Waals surface area contributed by atoms with E-state index in [1.165, 1.54) is 24.3 Å². The number of urea groups is 1. The molecule has 0 aromatic heterocycles. The Morgan fingerprint density at radius 3 is 2.03 bits per heavy atom. The van der Waals surface area contributed by atoms with Gasteiger partial charge in [0.15, 0.2) is 0 Å². The summed E-state index contributed by atoms with van der Waals surface area (Å²) < 4.78 is 46.3. The fourth-order valence-electron chi connectivity index (χ4n) is 3.31. The van der Waals surface area contributed by atoms with Crippen LogP contribution in [0.5, 0.6) is 11.5 Å². The van der Waals surface area contributed by atoms with Gasteiger partial charge in [-0.2, -0.15) is 0 Å². The molecule has 0 bridgehead atoms. The van der Waals surface area contributed by atoms with Gasteiger partial charge in [-0.1, -0.05) is 24.3 Å². The van der Waals surface area contributed by atoms with Gasteiger partial charge in [0, 0.05) is 0 Å². The number of halogens is 3. The van der Waals surface area contributed by atoms with E-state index in [2.05, 4.69) is 15.4 Å². The molecule has 0 spiro atoms. The molecule has 1 atom stereocenters. The molecule has 1 aliphatic rings. The van der Waals surface area contributed by atoms with Gasteiger partial charge < -0.3 is 25.2 Å². The first kappa shape index (κ1) is 24.7. The second kappa shape index (κ2) is 9.49. The van der Waals surface area contributed by atoms with E-state index in [0.29, 0.717) is 16.9 Å². The van der Waals surface area contributed by atoms with Crippen LogP contribution >= 0.6 is 0 Å². The Morgan fingerprint density at radius 2 is 1.59 bits per heavy atom. The molecule has 1 aliphatic heterocycles. The molecule has 182 valence electrons. The van der Waals surface area contributed by atoms with Gasteiger partial charge >= 0.3 is 18.5 Å². The number of rotatable bonds is 8. The second-order valence-electron chi connectivity index (χ2n) is 8.02. The SMILES string of the molecule is CC1(C)NC(=O)N(C[C@H](COc2ccc(-c3ccc(OC(F)(F)F)cc3)cc2)NC(=O)O)C1=O. The molecule has 1 fully saturated rings. The third-order valence-electron chi connectivity index (χ3n) is 4.90. The Kier molecular flexibility index (Phi) is 6.89. The Balaban J connectivity index is 1.62. The number of benzene rings is 2. The van der Waals surface area contributed by atoms with Crippen LogP contribution < -0.4 is 20.1 Å². The number of hydrogen-bond donors (Lipinski definition) is 3. The molecule has 0 unspecified atom stereocenters. The normalized spacial score (nSPS) is 16.1. The number of alkyl halides is 3. The van der Waals surface area contributed by atoms with Crippen molar-refractivity contribution in [3.05, 3.63) is 48.5 Å². The number of hydrogen-bond acceptors (Lipinski definition) is 5. The van der Waals surface area contributed by atoms with Crippen LogP contribution in [0.25, 0.3) is 11.1 Å². The summed E-state index contributed by atoms with van der Waals surface area (Å²) in [5.74, 6) is -0.428. The highest BCUT2D eigenvalue weighted by atomic mass is 19.4. The molecule has 0 saturated carbocycles. The molecule has 1 heterocycles. The Bertz CT molecular complexity index is 1060.